The number of ether oxygens (including phenoxy) is 3. The van der Waals surface area contributed by atoms with E-state index < -0.39 is 0 Å². The molecule has 3 atom stereocenters. The molecule has 0 radical (unpaired) electrons. The van der Waals surface area contributed by atoms with Crippen molar-refractivity contribution >= 4 is 5.69 Å². The molecule has 168 valence electrons. The number of benzene rings is 2. The lowest BCUT2D eigenvalue weighted by Crippen LogP contribution is -2.47. The Morgan fingerprint density at radius 1 is 1.06 bits per heavy atom. The maximum Gasteiger partial charge on any atom is 0.157 e. The number of nitrogens with one attached hydrogen (secondary N) is 1. The molecule has 0 aliphatic carbocycles. The SMILES string of the molecule is COC[C@@H]1Cc2ccccc2N1N[C@@H](CCCCOC1CCCCO1)c1ccccc1. The second-order valence-electron chi connectivity index (χ2n) is 8.57. The van der Waals surface area contributed by atoms with Gasteiger partial charge in [-0.15, -0.1) is 0 Å². The van der Waals surface area contributed by atoms with E-state index in [1.54, 1.807) is 7.11 Å². The van der Waals surface area contributed by atoms with Crippen LogP contribution < -0.4 is 10.4 Å². The summed E-state index contributed by atoms with van der Waals surface area (Å²) < 4.78 is 17.1. The number of para-hydroxylation sites is 1. The first-order valence-corrected chi connectivity index (χ1v) is 11.8. The third-order valence-corrected chi connectivity index (χ3v) is 6.26. The van der Waals surface area contributed by atoms with E-state index >= 15 is 0 Å². The van der Waals surface area contributed by atoms with Crippen LogP contribution in [0, 0.1) is 0 Å². The highest BCUT2D eigenvalue weighted by Gasteiger charge is 2.31. The zero-order valence-corrected chi connectivity index (χ0v) is 18.7. The van der Waals surface area contributed by atoms with Crippen molar-refractivity contribution in [2.24, 2.45) is 0 Å². The Kier molecular flexibility index (Phi) is 8.36. The predicted molar refractivity (Wildman–Crippen MR) is 124 cm³/mol. The van der Waals surface area contributed by atoms with Crippen molar-refractivity contribution in [1.29, 1.82) is 0 Å². The molecule has 0 aromatic heterocycles. The molecule has 0 amide bonds. The van der Waals surface area contributed by atoms with Gasteiger partial charge in [0.25, 0.3) is 0 Å². The molecule has 5 nitrogen and oxygen atoms in total. The number of unbranched alkanes of at least 4 members (excludes halogenated alkanes) is 1. The number of hydrazine groups is 1. The number of hydrogen-bond donors (Lipinski definition) is 1. The van der Waals surface area contributed by atoms with Gasteiger partial charge in [-0.3, -0.25) is 0 Å². The lowest BCUT2D eigenvalue weighted by Gasteiger charge is -2.33. The standard InChI is InChI=1S/C26H36N2O3/c1-29-20-23-19-22-13-5-6-15-25(22)28(23)27-24(21-11-3-2-4-12-21)14-7-9-17-30-26-16-8-10-18-31-26/h2-6,11-13,15,23-24,26-27H,7-10,14,16-20H2,1H3/t23-,24-,26?/m0/s1. The molecule has 0 saturated carbocycles. The Bertz CT molecular complexity index is 779. The fourth-order valence-corrected chi connectivity index (χ4v) is 4.63. The van der Waals surface area contributed by atoms with Gasteiger partial charge in [-0.2, -0.15) is 0 Å². The summed E-state index contributed by atoms with van der Waals surface area (Å²) in [5.74, 6) is 0. The van der Waals surface area contributed by atoms with Gasteiger partial charge in [-0.1, -0.05) is 48.5 Å². The van der Waals surface area contributed by atoms with E-state index in [4.69, 9.17) is 14.2 Å². The monoisotopic (exact) mass is 424 g/mol. The van der Waals surface area contributed by atoms with E-state index in [1.807, 2.05) is 0 Å². The summed E-state index contributed by atoms with van der Waals surface area (Å²) in [6, 6.07) is 20.0. The van der Waals surface area contributed by atoms with Crippen LogP contribution in [0.15, 0.2) is 54.6 Å². The molecular formula is C26H36N2O3. The Morgan fingerprint density at radius 3 is 2.71 bits per heavy atom. The molecule has 31 heavy (non-hydrogen) atoms. The molecule has 2 aliphatic heterocycles. The summed E-state index contributed by atoms with van der Waals surface area (Å²) in [5, 5.41) is 2.34. The largest absolute Gasteiger partial charge is 0.382 e. The lowest BCUT2D eigenvalue weighted by molar-refractivity contribution is -0.162. The Morgan fingerprint density at radius 2 is 1.90 bits per heavy atom. The zero-order valence-electron chi connectivity index (χ0n) is 18.7. The van der Waals surface area contributed by atoms with Crippen LogP contribution in [0.5, 0.6) is 0 Å². The van der Waals surface area contributed by atoms with Gasteiger partial charge in [-0.05, 0) is 62.1 Å². The van der Waals surface area contributed by atoms with Gasteiger partial charge in [0.15, 0.2) is 6.29 Å². The first-order valence-electron chi connectivity index (χ1n) is 11.8. The zero-order chi connectivity index (χ0) is 21.3. The molecule has 2 heterocycles. The second kappa shape index (κ2) is 11.6. The molecule has 4 rings (SSSR count). The highest BCUT2D eigenvalue weighted by atomic mass is 16.7. The van der Waals surface area contributed by atoms with Crippen LogP contribution in [-0.4, -0.2) is 39.3 Å². The second-order valence-corrected chi connectivity index (χ2v) is 8.57. The number of nitrogens with zero attached hydrogens (tertiary/aromatic N) is 1. The summed E-state index contributed by atoms with van der Waals surface area (Å²) in [4.78, 5) is 0. The molecule has 1 fully saturated rings. The lowest BCUT2D eigenvalue weighted by atomic mass is 10.0. The molecule has 1 saturated heterocycles. The van der Waals surface area contributed by atoms with Gasteiger partial charge in [0.2, 0.25) is 0 Å². The van der Waals surface area contributed by atoms with Crippen molar-refractivity contribution in [3.63, 3.8) is 0 Å². The summed E-state index contributed by atoms with van der Waals surface area (Å²) in [6.45, 7) is 2.31. The van der Waals surface area contributed by atoms with Crippen LogP contribution in [0.4, 0.5) is 5.69 Å². The van der Waals surface area contributed by atoms with E-state index in [0.29, 0.717) is 12.6 Å². The third-order valence-electron chi connectivity index (χ3n) is 6.26. The first kappa shape index (κ1) is 22.3. The van der Waals surface area contributed by atoms with Crippen molar-refractivity contribution in [3.8, 4) is 0 Å². The predicted octanol–water partition coefficient (Wildman–Crippen LogP) is 5.02. The topological polar surface area (TPSA) is 43.0 Å². The van der Waals surface area contributed by atoms with Crippen LogP contribution in [0.3, 0.4) is 0 Å². The van der Waals surface area contributed by atoms with E-state index in [9.17, 15) is 0 Å². The van der Waals surface area contributed by atoms with E-state index in [-0.39, 0.29) is 12.3 Å². The average Bonchev–Trinajstić information content (AvgIpc) is 3.16. The highest BCUT2D eigenvalue weighted by Crippen LogP contribution is 2.33. The minimum absolute atomic E-state index is 0.00713. The molecule has 2 aromatic rings. The fraction of sp³-hybridized carbons (Fsp3) is 0.538. The van der Waals surface area contributed by atoms with Gasteiger partial charge in [0, 0.05) is 20.3 Å². The third kappa shape index (κ3) is 6.07. The highest BCUT2D eigenvalue weighted by molar-refractivity contribution is 5.58. The van der Waals surface area contributed by atoms with Crippen LogP contribution >= 0.6 is 0 Å². The quantitative estimate of drug-likeness (QED) is 0.513. The fourth-order valence-electron chi connectivity index (χ4n) is 4.63. The average molecular weight is 425 g/mol. The number of fused-ring (bicyclic) bond motifs is 1. The first-order chi connectivity index (χ1) is 15.3. The summed E-state index contributed by atoms with van der Waals surface area (Å²) in [5.41, 5.74) is 7.82. The van der Waals surface area contributed by atoms with Crippen LogP contribution in [0.25, 0.3) is 0 Å². The summed E-state index contributed by atoms with van der Waals surface area (Å²) >= 11 is 0. The Labute approximate surface area is 186 Å². The summed E-state index contributed by atoms with van der Waals surface area (Å²) in [6.07, 6.45) is 7.62. The number of hydrogen-bond acceptors (Lipinski definition) is 5. The van der Waals surface area contributed by atoms with Crippen LogP contribution in [0.1, 0.15) is 55.7 Å². The minimum atomic E-state index is 0.00713. The van der Waals surface area contributed by atoms with Gasteiger partial charge in [-0.25, -0.2) is 5.43 Å². The molecule has 1 unspecified atom stereocenters. The Hall–Kier alpha value is -1.92. The smallest absolute Gasteiger partial charge is 0.157 e. The maximum atomic E-state index is 5.93. The van der Waals surface area contributed by atoms with Crippen molar-refractivity contribution in [2.75, 3.05) is 31.9 Å². The Balaban J connectivity index is 1.37. The van der Waals surface area contributed by atoms with Crippen LogP contribution in [0.2, 0.25) is 0 Å². The normalized spacial score (nSPS) is 21.8. The number of methoxy groups -OCH3 is 1. The van der Waals surface area contributed by atoms with Gasteiger partial charge in [0.1, 0.15) is 0 Å². The molecule has 5 heteroatoms. The number of rotatable bonds is 11. The van der Waals surface area contributed by atoms with Gasteiger partial charge >= 0.3 is 0 Å². The van der Waals surface area contributed by atoms with Crippen molar-refractivity contribution in [2.45, 2.75) is 63.3 Å². The number of anilines is 1. The molecular weight excluding hydrogens is 388 g/mol. The van der Waals surface area contributed by atoms with E-state index in [2.05, 4.69) is 65.0 Å². The minimum Gasteiger partial charge on any atom is -0.382 e. The molecule has 0 bridgehead atoms. The maximum absolute atomic E-state index is 5.93. The molecule has 0 spiro atoms. The summed E-state index contributed by atoms with van der Waals surface area (Å²) in [7, 11) is 1.78. The van der Waals surface area contributed by atoms with Crippen molar-refractivity contribution < 1.29 is 14.2 Å². The van der Waals surface area contributed by atoms with E-state index in [0.717, 1.165) is 51.7 Å². The molecule has 1 N–H and O–H groups in total. The van der Waals surface area contributed by atoms with Gasteiger partial charge in [0.05, 0.1) is 24.4 Å². The molecule has 2 aromatic carbocycles. The van der Waals surface area contributed by atoms with E-state index in [1.165, 1.54) is 23.2 Å². The van der Waals surface area contributed by atoms with Crippen LogP contribution in [-0.2, 0) is 20.6 Å². The van der Waals surface area contributed by atoms with Crippen molar-refractivity contribution in [3.05, 3.63) is 65.7 Å². The molecule has 2 aliphatic rings. The van der Waals surface area contributed by atoms with Crippen molar-refractivity contribution in [1.82, 2.24) is 5.43 Å². The van der Waals surface area contributed by atoms with Gasteiger partial charge < -0.3 is 19.2 Å².